The molecule has 1 aromatic rings. The third kappa shape index (κ3) is 7.65. The van der Waals surface area contributed by atoms with Crippen LogP contribution in [0.2, 0.25) is 0 Å². The summed E-state index contributed by atoms with van der Waals surface area (Å²) < 4.78 is 0.703. The van der Waals surface area contributed by atoms with Gasteiger partial charge in [0.1, 0.15) is 0 Å². The van der Waals surface area contributed by atoms with Crippen LogP contribution in [0.1, 0.15) is 119 Å². The molecule has 0 aromatic heterocycles. The van der Waals surface area contributed by atoms with Gasteiger partial charge in [-0.1, -0.05) is 81.5 Å². The largest absolute Gasteiger partial charge is 0.0789 e. The first-order valence-corrected chi connectivity index (χ1v) is 13.0. The standard InChI is InChI=1S/C27H45I/c1-7-26(5,6)16-12-9-11-15-25-21(2)20-24(22(3)23(25)4)14-10-8-13-17-27(28)18-19-27/h20H,7-19H2,1-6H3. The Morgan fingerprint density at radius 1 is 0.893 bits per heavy atom. The van der Waals surface area contributed by atoms with Crippen LogP contribution in [0.5, 0.6) is 0 Å². The van der Waals surface area contributed by atoms with Gasteiger partial charge >= 0.3 is 0 Å². The van der Waals surface area contributed by atoms with E-state index in [0.717, 1.165) is 0 Å². The molecule has 0 nitrogen and oxygen atoms in total. The van der Waals surface area contributed by atoms with E-state index < -0.39 is 0 Å². The van der Waals surface area contributed by atoms with E-state index in [1.54, 1.807) is 22.3 Å². The second-order valence-electron chi connectivity index (χ2n) is 10.4. The van der Waals surface area contributed by atoms with E-state index >= 15 is 0 Å². The summed E-state index contributed by atoms with van der Waals surface area (Å²) in [5.74, 6) is 0. The van der Waals surface area contributed by atoms with Crippen LogP contribution in [0.3, 0.4) is 0 Å². The molecule has 0 N–H and O–H groups in total. The molecule has 1 fully saturated rings. The number of benzene rings is 1. The Balaban J connectivity index is 1.78. The molecule has 0 bridgehead atoms. The number of unbranched alkanes of at least 4 members (excludes halogenated alkanes) is 4. The maximum absolute atomic E-state index is 2.69. The summed E-state index contributed by atoms with van der Waals surface area (Å²) in [6.07, 6.45) is 17.9. The Morgan fingerprint density at radius 2 is 1.54 bits per heavy atom. The van der Waals surface area contributed by atoms with Gasteiger partial charge in [0.15, 0.2) is 0 Å². The SMILES string of the molecule is CCC(C)(C)CCCCCc1c(C)cc(CCCCCC2(I)CC2)c(C)c1C. The van der Waals surface area contributed by atoms with Gasteiger partial charge in [-0.25, -0.2) is 0 Å². The van der Waals surface area contributed by atoms with Crippen LogP contribution in [0.4, 0.5) is 0 Å². The minimum absolute atomic E-state index is 0.528. The monoisotopic (exact) mass is 496 g/mol. The van der Waals surface area contributed by atoms with E-state index in [0.29, 0.717) is 8.84 Å². The van der Waals surface area contributed by atoms with Gasteiger partial charge < -0.3 is 0 Å². The lowest BCUT2D eigenvalue weighted by Gasteiger charge is -2.22. The van der Waals surface area contributed by atoms with Gasteiger partial charge in [0.05, 0.1) is 0 Å². The fourth-order valence-electron chi connectivity index (χ4n) is 4.44. The molecule has 0 spiro atoms. The molecular weight excluding hydrogens is 451 g/mol. The van der Waals surface area contributed by atoms with Crippen molar-refractivity contribution in [3.8, 4) is 0 Å². The highest BCUT2D eigenvalue weighted by atomic mass is 127. The number of hydrogen-bond donors (Lipinski definition) is 0. The highest BCUT2D eigenvalue weighted by molar-refractivity contribution is 14.1. The molecule has 0 atom stereocenters. The molecule has 160 valence electrons. The fourth-order valence-corrected chi connectivity index (χ4v) is 5.09. The van der Waals surface area contributed by atoms with Gasteiger partial charge in [-0.3, -0.25) is 0 Å². The molecule has 0 amide bonds. The molecule has 1 aromatic carbocycles. The molecular formula is C27H45I. The lowest BCUT2D eigenvalue weighted by Crippen LogP contribution is -2.09. The van der Waals surface area contributed by atoms with E-state index in [9.17, 15) is 0 Å². The highest BCUT2D eigenvalue weighted by Gasteiger charge is 2.38. The van der Waals surface area contributed by atoms with Gasteiger partial charge in [0, 0.05) is 3.42 Å². The van der Waals surface area contributed by atoms with Gasteiger partial charge in [0.25, 0.3) is 0 Å². The summed E-state index contributed by atoms with van der Waals surface area (Å²) in [5, 5.41) is 0. The van der Waals surface area contributed by atoms with Gasteiger partial charge in [-0.05, 0) is 105 Å². The number of halogens is 1. The molecule has 0 radical (unpaired) electrons. The van der Waals surface area contributed by atoms with E-state index in [1.807, 2.05) is 0 Å². The molecule has 1 heteroatoms. The number of aryl methyl sites for hydroxylation is 2. The van der Waals surface area contributed by atoms with Crippen molar-refractivity contribution < 1.29 is 0 Å². The molecule has 2 rings (SSSR count). The van der Waals surface area contributed by atoms with E-state index in [4.69, 9.17) is 0 Å². The first-order chi connectivity index (χ1) is 13.2. The number of alkyl halides is 1. The molecule has 28 heavy (non-hydrogen) atoms. The zero-order valence-corrected chi connectivity index (χ0v) is 21.8. The zero-order chi connectivity index (χ0) is 20.8. The van der Waals surface area contributed by atoms with Crippen LogP contribution in [-0.2, 0) is 12.8 Å². The number of hydrogen-bond acceptors (Lipinski definition) is 0. The second kappa shape index (κ2) is 10.8. The Kier molecular flexibility index (Phi) is 9.36. The third-order valence-corrected chi connectivity index (χ3v) is 9.08. The zero-order valence-electron chi connectivity index (χ0n) is 19.6. The fraction of sp³-hybridized carbons (Fsp3) is 0.778. The van der Waals surface area contributed by atoms with Crippen molar-refractivity contribution in [2.75, 3.05) is 0 Å². The van der Waals surface area contributed by atoms with Crippen molar-refractivity contribution >= 4 is 22.6 Å². The van der Waals surface area contributed by atoms with Crippen molar-refractivity contribution in [3.05, 3.63) is 33.9 Å². The molecule has 0 unspecified atom stereocenters. The summed E-state index contributed by atoms with van der Waals surface area (Å²) in [6.45, 7) is 14.2. The summed E-state index contributed by atoms with van der Waals surface area (Å²) in [5.41, 5.74) is 8.46. The van der Waals surface area contributed by atoms with E-state index in [2.05, 4.69) is 70.2 Å². The quantitative estimate of drug-likeness (QED) is 0.145. The molecule has 0 heterocycles. The average Bonchev–Trinajstić information content (AvgIpc) is 3.38. The summed E-state index contributed by atoms with van der Waals surface area (Å²) in [6, 6.07) is 2.51. The van der Waals surface area contributed by atoms with Crippen molar-refractivity contribution in [2.24, 2.45) is 5.41 Å². The summed E-state index contributed by atoms with van der Waals surface area (Å²) in [7, 11) is 0. The van der Waals surface area contributed by atoms with Crippen molar-refractivity contribution in [2.45, 2.75) is 128 Å². The highest BCUT2D eigenvalue weighted by Crippen LogP contribution is 2.49. The van der Waals surface area contributed by atoms with E-state index in [1.165, 1.54) is 89.0 Å². The first kappa shape index (κ1) is 24.2. The lowest BCUT2D eigenvalue weighted by molar-refractivity contribution is 0.308. The van der Waals surface area contributed by atoms with Crippen LogP contribution in [0, 0.1) is 26.2 Å². The van der Waals surface area contributed by atoms with Gasteiger partial charge in [0.2, 0.25) is 0 Å². The van der Waals surface area contributed by atoms with Crippen LogP contribution < -0.4 is 0 Å². The van der Waals surface area contributed by atoms with Crippen molar-refractivity contribution in [3.63, 3.8) is 0 Å². The van der Waals surface area contributed by atoms with Crippen LogP contribution in [-0.4, -0.2) is 3.42 Å². The molecule has 0 saturated heterocycles. The van der Waals surface area contributed by atoms with Crippen molar-refractivity contribution in [1.82, 2.24) is 0 Å². The Labute approximate surface area is 189 Å². The molecule has 1 aliphatic rings. The molecule has 1 aliphatic carbocycles. The number of rotatable bonds is 13. The van der Waals surface area contributed by atoms with E-state index in [-0.39, 0.29) is 0 Å². The normalized spacial score (nSPS) is 15.8. The first-order valence-electron chi connectivity index (χ1n) is 11.9. The Bertz CT molecular complexity index is 622. The smallest absolute Gasteiger partial charge is 0.0223 e. The summed E-state index contributed by atoms with van der Waals surface area (Å²) in [4.78, 5) is 0. The maximum atomic E-state index is 2.69. The molecule has 0 aliphatic heterocycles. The maximum Gasteiger partial charge on any atom is 0.0223 e. The second-order valence-corrected chi connectivity index (χ2v) is 12.7. The predicted molar refractivity (Wildman–Crippen MR) is 135 cm³/mol. The minimum Gasteiger partial charge on any atom is -0.0789 e. The predicted octanol–water partition coefficient (Wildman–Crippen LogP) is 9.22. The Hall–Kier alpha value is -0.0500. The van der Waals surface area contributed by atoms with Gasteiger partial charge in [-0.15, -0.1) is 0 Å². The van der Waals surface area contributed by atoms with Crippen molar-refractivity contribution in [1.29, 1.82) is 0 Å². The third-order valence-electron chi connectivity index (χ3n) is 7.46. The van der Waals surface area contributed by atoms with Crippen LogP contribution in [0.15, 0.2) is 6.07 Å². The lowest BCUT2D eigenvalue weighted by atomic mass is 9.84. The minimum atomic E-state index is 0.528. The Morgan fingerprint density at radius 3 is 2.18 bits per heavy atom. The summed E-state index contributed by atoms with van der Waals surface area (Å²) >= 11 is 2.69. The van der Waals surface area contributed by atoms with Gasteiger partial charge in [-0.2, -0.15) is 0 Å². The van der Waals surface area contributed by atoms with Crippen LogP contribution in [0.25, 0.3) is 0 Å². The average molecular weight is 497 g/mol. The molecule has 1 saturated carbocycles. The van der Waals surface area contributed by atoms with Crippen LogP contribution >= 0.6 is 22.6 Å². The topological polar surface area (TPSA) is 0 Å².